The second-order valence-electron chi connectivity index (χ2n) is 5.87. The van der Waals surface area contributed by atoms with Crippen molar-refractivity contribution in [2.45, 2.75) is 26.5 Å². The Morgan fingerprint density at radius 1 is 1.00 bits per heavy atom. The van der Waals surface area contributed by atoms with Crippen molar-refractivity contribution in [3.8, 4) is 17.1 Å². The highest BCUT2D eigenvalue weighted by molar-refractivity contribution is 5.59. The normalized spacial score (nSPS) is 10.7. The van der Waals surface area contributed by atoms with E-state index < -0.39 is 0 Å². The van der Waals surface area contributed by atoms with Crippen LogP contribution in [0.3, 0.4) is 0 Å². The van der Waals surface area contributed by atoms with Gasteiger partial charge in [0.05, 0.1) is 6.10 Å². The van der Waals surface area contributed by atoms with Gasteiger partial charge in [0.25, 0.3) is 0 Å². The summed E-state index contributed by atoms with van der Waals surface area (Å²) in [6.07, 6.45) is 0.0989. The first-order valence-electron chi connectivity index (χ1n) is 8.16. The number of ether oxygens (including phenoxy) is 1. The fourth-order valence-electron chi connectivity index (χ4n) is 2.36. The second kappa shape index (κ2) is 7.61. The van der Waals surface area contributed by atoms with Crippen LogP contribution in [0.4, 0.5) is 11.9 Å². The van der Waals surface area contributed by atoms with Gasteiger partial charge in [-0.1, -0.05) is 42.5 Å². The fraction of sp³-hybridized carbons (Fsp3) is 0.211. The van der Waals surface area contributed by atoms with Gasteiger partial charge in [0.15, 0.2) is 5.82 Å². The molecule has 1 aromatic heterocycles. The summed E-state index contributed by atoms with van der Waals surface area (Å²) in [6, 6.07) is 17.7. The SMILES string of the molecule is CC(C)Oc1cccc(-c2nc(N)nc(NCc3ccccc3)n2)c1. The van der Waals surface area contributed by atoms with Crippen LogP contribution in [0, 0.1) is 0 Å². The van der Waals surface area contributed by atoms with Crippen molar-refractivity contribution in [2.75, 3.05) is 11.1 Å². The van der Waals surface area contributed by atoms with Gasteiger partial charge in [-0.3, -0.25) is 0 Å². The molecule has 0 unspecified atom stereocenters. The monoisotopic (exact) mass is 335 g/mol. The molecule has 0 saturated heterocycles. The molecule has 128 valence electrons. The van der Waals surface area contributed by atoms with Crippen LogP contribution in [-0.4, -0.2) is 21.1 Å². The predicted molar refractivity (Wildman–Crippen MR) is 99.2 cm³/mol. The van der Waals surface area contributed by atoms with Crippen LogP contribution in [-0.2, 0) is 6.54 Å². The standard InChI is InChI=1S/C19H21N5O/c1-13(2)25-16-10-6-9-15(11-16)17-22-18(20)24-19(23-17)21-12-14-7-4-3-5-8-14/h3-11,13H,12H2,1-2H3,(H3,20,21,22,23,24). The van der Waals surface area contributed by atoms with Crippen LogP contribution < -0.4 is 15.8 Å². The first-order valence-corrected chi connectivity index (χ1v) is 8.16. The summed E-state index contributed by atoms with van der Waals surface area (Å²) in [5.41, 5.74) is 7.81. The average Bonchev–Trinajstić information content (AvgIpc) is 2.60. The Morgan fingerprint density at radius 3 is 2.56 bits per heavy atom. The number of anilines is 2. The van der Waals surface area contributed by atoms with E-state index in [-0.39, 0.29) is 12.1 Å². The molecule has 3 N–H and O–H groups in total. The van der Waals surface area contributed by atoms with Gasteiger partial charge in [-0.2, -0.15) is 15.0 Å². The average molecular weight is 335 g/mol. The maximum absolute atomic E-state index is 5.85. The third-order valence-electron chi connectivity index (χ3n) is 3.41. The largest absolute Gasteiger partial charge is 0.491 e. The van der Waals surface area contributed by atoms with Gasteiger partial charge < -0.3 is 15.8 Å². The molecule has 6 heteroatoms. The zero-order valence-electron chi connectivity index (χ0n) is 14.3. The summed E-state index contributed by atoms with van der Waals surface area (Å²) < 4.78 is 5.72. The first kappa shape index (κ1) is 16.7. The molecule has 0 aliphatic carbocycles. The number of hydrogen-bond donors (Lipinski definition) is 2. The highest BCUT2D eigenvalue weighted by atomic mass is 16.5. The summed E-state index contributed by atoms with van der Waals surface area (Å²) in [4.78, 5) is 12.9. The fourth-order valence-corrected chi connectivity index (χ4v) is 2.36. The Balaban J connectivity index is 1.81. The molecular weight excluding hydrogens is 314 g/mol. The predicted octanol–water partition coefficient (Wildman–Crippen LogP) is 3.52. The molecule has 2 aromatic carbocycles. The third kappa shape index (κ3) is 4.67. The number of hydrogen-bond acceptors (Lipinski definition) is 6. The summed E-state index contributed by atoms with van der Waals surface area (Å²) in [7, 11) is 0. The maximum Gasteiger partial charge on any atom is 0.228 e. The Kier molecular flexibility index (Phi) is 5.09. The lowest BCUT2D eigenvalue weighted by Crippen LogP contribution is -2.08. The molecule has 3 rings (SSSR count). The highest BCUT2D eigenvalue weighted by Crippen LogP contribution is 2.23. The third-order valence-corrected chi connectivity index (χ3v) is 3.41. The van der Waals surface area contributed by atoms with Crippen LogP contribution in [0.1, 0.15) is 19.4 Å². The number of rotatable bonds is 6. The van der Waals surface area contributed by atoms with Crippen LogP contribution in [0.25, 0.3) is 11.4 Å². The minimum Gasteiger partial charge on any atom is -0.491 e. The van der Waals surface area contributed by atoms with Crippen LogP contribution in [0.15, 0.2) is 54.6 Å². The molecule has 0 fully saturated rings. The van der Waals surface area contributed by atoms with E-state index in [4.69, 9.17) is 10.5 Å². The van der Waals surface area contributed by atoms with E-state index in [1.165, 1.54) is 0 Å². The van der Waals surface area contributed by atoms with E-state index in [1.807, 2.05) is 68.4 Å². The molecule has 0 bridgehead atoms. The van der Waals surface area contributed by atoms with Crippen molar-refractivity contribution in [2.24, 2.45) is 0 Å². The molecule has 3 aromatic rings. The van der Waals surface area contributed by atoms with E-state index in [2.05, 4.69) is 20.3 Å². The number of benzene rings is 2. The summed E-state index contributed by atoms with van der Waals surface area (Å²) in [6.45, 7) is 4.58. The molecule has 0 amide bonds. The van der Waals surface area contributed by atoms with Crippen LogP contribution in [0.2, 0.25) is 0 Å². The van der Waals surface area contributed by atoms with Crippen molar-refractivity contribution in [3.05, 3.63) is 60.2 Å². The Bertz CT molecular complexity index is 836. The second-order valence-corrected chi connectivity index (χ2v) is 5.87. The molecule has 0 spiro atoms. The zero-order chi connectivity index (χ0) is 17.6. The minimum absolute atomic E-state index is 0.0989. The quantitative estimate of drug-likeness (QED) is 0.717. The van der Waals surface area contributed by atoms with E-state index in [0.717, 1.165) is 16.9 Å². The van der Waals surface area contributed by atoms with Crippen LogP contribution in [0.5, 0.6) is 5.75 Å². The number of nitrogen functional groups attached to an aromatic ring is 1. The Morgan fingerprint density at radius 2 is 1.80 bits per heavy atom. The molecule has 0 atom stereocenters. The molecule has 0 aliphatic heterocycles. The van der Waals surface area contributed by atoms with E-state index >= 15 is 0 Å². The van der Waals surface area contributed by atoms with Gasteiger partial charge in [-0.15, -0.1) is 0 Å². The smallest absolute Gasteiger partial charge is 0.228 e. The van der Waals surface area contributed by atoms with E-state index in [1.54, 1.807) is 0 Å². The Hall–Kier alpha value is -3.15. The number of nitrogens with one attached hydrogen (secondary N) is 1. The first-order chi connectivity index (χ1) is 12.1. The summed E-state index contributed by atoms with van der Waals surface area (Å²) >= 11 is 0. The van der Waals surface area contributed by atoms with Gasteiger partial charge in [0, 0.05) is 12.1 Å². The molecule has 0 saturated carbocycles. The maximum atomic E-state index is 5.85. The van der Waals surface area contributed by atoms with E-state index in [0.29, 0.717) is 18.3 Å². The van der Waals surface area contributed by atoms with Gasteiger partial charge in [0.2, 0.25) is 11.9 Å². The van der Waals surface area contributed by atoms with E-state index in [9.17, 15) is 0 Å². The Labute approximate surface area is 147 Å². The number of aromatic nitrogens is 3. The molecule has 6 nitrogen and oxygen atoms in total. The van der Waals surface area contributed by atoms with Crippen LogP contribution >= 0.6 is 0 Å². The minimum atomic E-state index is 0.0989. The summed E-state index contributed by atoms with van der Waals surface area (Å²) in [5.74, 6) is 1.90. The molecular formula is C19H21N5O. The molecule has 0 aliphatic rings. The van der Waals surface area contributed by atoms with Crippen molar-refractivity contribution in [1.82, 2.24) is 15.0 Å². The van der Waals surface area contributed by atoms with Gasteiger partial charge in [-0.05, 0) is 31.5 Å². The number of nitrogens with zero attached hydrogens (tertiary/aromatic N) is 3. The molecule has 1 heterocycles. The lowest BCUT2D eigenvalue weighted by atomic mass is 10.2. The zero-order valence-corrected chi connectivity index (χ0v) is 14.3. The van der Waals surface area contributed by atoms with Crippen molar-refractivity contribution in [1.29, 1.82) is 0 Å². The lowest BCUT2D eigenvalue weighted by Gasteiger charge is -2.11. The molecule has 25 heavy (non-hydrogen) atoms. The lowest BCUT2D eigenvalue weighted by molar-refractivity contribution is 0.242. The van der Waals surface area contributed by atoms with Gasteiger partial charge in [0.1, 0.15) is 5.75 Å². The summed E-state index contributed by atoms with van der Waals surface area (Å²) in [5, 5.41) is 3.19. The van der Waals surface area contributed by atoms with Gasteiger partial charge in [-0.25, -0.2) is 0 Å². The number of nitrogens with two attached hydrogens (primary N) is 1. The highest BCUT2D eigenvalue weighted by Gasteiger charge is 2.08. The van der Waals surface area contributed by atoms with Crippen molar-refractivity contribution < 1.29 is 4.74 Å². The molecule has 0 radical (unpaired) electrons. The van der Waals surface area contributed by atoms with Gasteiger partial charge >= 0.3 is 0 Å². The van der Waals surface area contributed by atoms with Crippen molar-refractivity contribution in [3.63, 3.8) is 0 Å². The van der Waals surface area contributed by atoms with Crippen molar-refractivity contribution >= 4 is 11.9 Å². The topological polar surface area (TPSA) is 86.0 Å².